The molecule has 1 N–H and O–H groups in total. The number of hydrogen-bond acceptors (Lipinski definition) is 3. The van der Waals surface area contributed by atoms with Crippen LogP contribution in [0.4, 0.5) is 15.8 Å². The van der Waals surface area contributed by atoms with Gasteiger partial charge in [0.15, 0.2) is 11.6 Å². The molecule has 120 valence electrons. The fourth-order valence-electron chi connectivity index (χ4n) is 2.60. The largest absolute Gasteiger partial charge is 0.489 e. The maximum atomic E-state index is 13.4. The van der Waals surface area contributed by atoms with Crippen molar-refractivity contribution in [1.82, 2.24) is 0 Å². The maximum Gasteiger partial charge on any atom is 0.227 e. The van der Waals surface area contributed by atoms with E-state index in [1.165, 1.54) is 6.07 Å². The van der Waals surface area contributed by atoms with Crippen LogP contribution in [-0.4, -0.2) is 25.6 Å². The number of anilines is 2. The minimum absolute atomic E-state index is 0.184. The van der Waals surface area contributed by atoms with Crippen LogP contribution in [0, 0.1) is 5.82 Å². The molecule has 4 nitrogen and oxygen atoms in total. The molecule has 1 heterocycles. The third-order valence-corrected chi connectivity index (χ3v) is 3.78. The number of nitrogens with zero attached hydrogens (tertiary/aromatic N) is 1. The van der Waals surface area contributed by atoms with E-state index in [9.17, 15) is 9.18 Å². The van der Waals surface area contributed by atoms with E-state index in [-0.39, 0.29) is 17.5 Å². The van der Waals surface area contributed by atoms with Crippen molar-refractivity contribution in [2.75, 3.05) is 29.9 Å². The standard InChI is InChI=1S/C18H19FN2O2/c19-16-4-1-2-5-17(16)23-13-11-20-14-7-9-15(10-8-14)21-12-3-6-18(21)22/h1-2,4-5,7-10,20H,3,6,11-13H2. The third-order valence-electron chi connectivity index (χ3n) is 3.78. The van der Waals surface area contributed by atoms with Crippen LogP contribution in [0.5, 0.6) is 5.75 Å². The van der Waals surface area contributed by atoms with Crippen LogP contribution in [0.2, 0.25) is 0 Å². The molecule has 5 heteroatoms. The number of carbonyl (C=O) groups is 1. The van der Waals surface area contributed by atoms with Gasteiger partial charge in [-0.2, -0.15) is 0 Å². The molecule has 1 aliphatic heterocycles. The van der Waals surface area contributed by atoms with Crippen molar-refractivity contribution in [3.63, 3.8) is 0 Å². The third kappa shape index (κ3) is 3.80. The van der Waals surface area contributed by atoms with Crippen LogP contribution in [0.25, 0.3) is 0 Å². The van der Waals surface area contributed by atoms with E-state index < -0.39 is 0 Å². The fourth-order valence-corrected chi connectivity index (χ4v) is 2.60. The zero-order valence-corrected chi connectivity index (χ0v) is 12.8. The lowest BCUT2D eigenvalue weighted by Crippen LogP contribution is -2.23. The summed E-state index contributed by atoms with van der Waals surface area (Å²) in [6.45, 7) is 1.73. The summed E-state index contributed by atoms with van der Waals surface area (Å²) >= 11 is 0. The Morgan fingerprint density at radius 1 is 1.13 bits per heavy atom. The molecule has 0 spiro atoms. The van der Waals surface area contributed by atoms with E-state index in [1.807, 2.05) is 29.2 Å². The molecule has 1 amide bonds. The van der Waals surface area contributed by atoms with E-state index in [4.69, 9.17) is 4.74 Å². The molecular formula is C18H19FN2O2. The molecule has 0 bridgehead atoms. The van der Waals surface area contributed by atoms with Crippen LogP contribution in [0.1, 0.15) is 12.8 Å². The van der Waals surface area contributed by atoms with Crippen LogP contribution in [-0.2, 0) is 4.79 Å². The second-order valence-corrected chi connectivity index (χ2v) is 5.40. The Hall–Kier alpha value is -2.56. The van der Waals surface area contributed by atoms with Gasteiger partial charge in [0, 0.05) is 30.9 Å². The van der Waals surface area contributed by atoms with Crippen molar-refractivity contribution >= 4 is 17.3 Å². The number of rotatable bonds is 6. The maximum absolute atomic E-state index is 13.4. The highest BCUT2D eigenvalue weighted by molar-refractivity contribution is 5.95. The van der Waals surface area contributed by atoms with Gasteiger partial charge in [0.05, 0.1) is 0 Å². The number of nitrogens with one attached hydrogen (secondary N) is 1. The molecule has 1 saturated heterocycles. The molecule has 2 aromatic carbocycles. The Balaban J connectivity index is 1.47. The first-order valence-corrected chi connectivity index (χ1v) is 7.76. The number of amides is 1. The van der Waals surface area contributed by atoms with E-state index in [2.05, 4.69) is 5.32 Å². The number of halogens is 1. The first-order chi connectivity index (χ1) is 11.2. The van der Waals surface area contributed by atoms with Crippen molar-refractivity contribution < 1.29 is 13.9 Å². The van der Waals surface area contributed by atoms with E-state index in [0.29, 0.717) is 19.6 Å². The van der Waals surface area contributed by atoms with E-state index in [0.717, 1.165) is 24.3 Å². The van der Waals surface area contributed by atoms with E-state index >= 15 is 0 Å². The van der Waals surface area contributed by atoms with Crippen molar-refractivity contribution in [2.24, 2.45) is 0 Å². The molecular weight excluding hydrogens is 295 g/mol. The van der Waals surface area contributed by atoms with Crippen molar-refractivity contribution in [3.8, 4) is 5.75 Å². The molecule has 2 aromatic rings. The second-order valence-electron chi connectivity index (χ2n) is 5.40. The normalized spacial score (nSPS) is 14.1. The predicted octanol–water partition coefficient (Wildman–Crippen LogP) is 3.44. The van der Waals surface area contributed by atoms with Crippen molar-refractivity contribution in [2.45, 2.75) is 12.8 Å². The number of ether oxygens (including phenoxy) is 1. The molecule has 0 aromatic heterocycles. The fraction of sp³-hybridized carbons (Fsp3) is 0.278. The highest BCUT2D eigenvalue weighted by atomic mass is 19.1. The Morgan fingerprint density at radius 3 is 2.61 bits per heavy atom. The molecule has 3 rings (SSSR count). The van der Waals surface area contributed by atoms with Gasteiger partial charge in [-0.15, -0.1) is 0 Å². The molecule has 23 heavy (non-hydrogen) atoms. The summed E-state index contributed by atoms with van der Waals surface area (Å²) in [4.78, 5) is 13.5. The first kappa shape index (κ1) is 15.3. The van der Waals surface area contributed by atoms with Gasteiger partial charge in [0.2, 0.25) is 5.91 Å². The highest BCUT2D eigenvalue weighted by Gasteiger charge is 2.21. The smallest absolute Gasteiger partial charge is 0.227 e. The minimum atomic E-state index is -0.355. The number of benzene rings is 2. The zero-order valence-electron chi connectivity index (χ0n) is 12.8. The predicted molar refractivity (Wildman–Crippen MR) is 88.4 cm³/mol. The second kappa shape index (κ2) is 7.13. The molecule has 0 saturated carbocycles. The van der Waals surface area contributed by atoms with Gasteiger partial charge in [-0.05, 0) is 42.8 Å². The lowest BCUT2D eigenvalue weighted by molar-refractivity contribution is -0.117. The number of para-hydroxylation sites is 1. The zero-order chi connectivity index (χ0) is 16.1. The summed E-state index contributed by atoms with van der Waals surface area (Å²) in [5.74, 6) is 0.0910. The monoisotopic (exact) mass is 314 g/mol. The van der Waals surface area contributed by atoms with E-state index in [1.54, 1.807) is 18.2 Å². The van der Waals surface area contributed by atoms with Crippen molar-refractivity contribution in [3.05, 3.63) is 54.3 Å². The molecule has 1 aliphatic rings. The summed E-state index contributed by atoms with van der Waals surface area (Å²) in [7, 11) is 0. The van der Waals surface area contributed by atoms with Crippen molar-refractivity contribution in [1.29, 1.82) is 0 Å². The summed E-state index contributed by atoms with van der Waals surface area (Å²) in [5.41, 5.74) is 1.87. The number of hydrogen-bond donors (Lipinski definition) is 1. The Kier molecular flexibility index (Phi) is 4.76. The highest BCUT2D eigenvalue weighted by Crippen LogP contribution is 2.23. The average molecular weight is 314 g/mol. The molecule has 0 aliphatic carbocycles. The Labute approximate surface area is 134 Å². The molecule has 0 atom stereocenters. The van der Waals surface area contributed by atoms with Crippen LogP contribution >= 0.6 is 0 Å². The van der Waals surface area contributed by atoms with Gasteiger partial charge in [-0.1, -0.05) is 12.1 Å². The summed E-state index contributed by atoms with van der Waals surface area (Å²) in [5, 5.41) is 3.21. The SMILES string of the molecule is O=C1CCCN1c1ccc(NCCOc2ccccc2F)cc1. The quantitative estimate of drug-likeness (QED) is 0.831. The summed E-state index contributed by atoms with van der Waals surface area (Å²) in [6, 6.07) is 14.1. The van der Waals surface area contributed by atoms with Gasteiger partial charge >= 0.3 is 0 Å². The Morgan fingerprint density at radius 2 is 1.91 bits per heavy atom. The molecule has 1 fully saturated rings. The van der Waals surface area contributed by atoms with Gasteiger partial charge in [0.25, 0.3) is 0 Å². The van der Waals surface area contributed by atoms with Gasteiger partial charge in [0.1, 0.15) is 6.61 Å². The van der Waals surface area contributed by atoms with Crippen LogP contribution < -0.4 is 15.0 Å². The Bertz CT molecular complexity index is 673. The molecule has 0 radical (unpaired) electrons. The van der Waals surface area contributed by atoms with Gasteiger partial charge in [-0.25, -0.2) is 4.39 Å². The van der Waals surface area contributed by atoms with Crippen LogP contribution in [0.3, 0.4) is 0 Å². The summed E-state index contributed by atoms with van der Waals surface area (Å²) < 4.78 is 18.8. The minimum Gasteiger partial charge on any atom is -0.489 e. The first-order valence-electron chi connectivity index (χ1n) is 7.76. The van der Waals surface area contributed by atoms with Gasteiger partial charge < -0.3 is 15.0 Å². The lowest BCUT2D eigenvalue weighted by atomic mass is 10.2. The molecule has 0 unspecified atom stereocenters. The average Bonchev–Trinajstić information content (AvgIpc) is 3.00. The lowest BCUT2D eigenvalue weighted by Gasteiger charge is -2.16. The topological polar surface area (TPSA) is 41.6 Å². The number of carbonyl (C=O) groups excluding carboxylic acids is 1. The summed E-state index contributed by atoms with van der Waals surface area (Å²) in [6.07, 6.45) is 1.56. The van der Waals surface area contributed by atoms with Crippen LogP contribution in [0.15, 0.2) is 48.5 Å². The van der Waals surface area contributed by atoms with Gasteiger partial charge in [-0.3, -0.25) is 4.79 Å².